The lowest BCUT2D eigenvalue weighted by Gasteiger charge is -2.35. The smallest absolute Gasteiger partial charge is 0.324 e. The second kappa shape index (κ2) is 7.51. The minimum Gasteiger partial charge on any atom is -0.493 e. The van der Waals surface area contributed by atoms with Crippen molar-refractivity contribution < 1.29 is 23.9 Å². The Bertz CT molecular complexity index is 699. The van der Waals surface area contributed by atoms with Crippen molar-refractivity contribution in [1.29, 1.82) is 0 Å². The van der Waals surface area contributed by atoms with Crippen molar-refractivity contribution in [2.75, 3.05) is 39.2 Å². The largest absolute Gasteiger partial charge is 0.493 e. The molecule has 0 aliphatic carbocycles. The van der Waals surface area contributed by atoms with Crippen molar-refractivity contribution in [3.05, 3.63) is 18.2 Å². The molecule has 2 N–H and O–H groups in total. The molecule has 3 rings (SSSR count). The molecule has 2 saturated heterocycles. The van der Waals surface area contributed by atoms with Crippen LogP contribution >= 0.6 is 0 Å². The Morgan fingerprint density at radius 2 is 1.92 bits per heavy atom. The Balaban J connectivity index is 1.61. The number of para-hydroxylation sites is 1. The monoisotopic (exact) mass is 362 g/mol. The number of imide groups is 1. The molecule has 0 atom stereocenters. The first-order valence-electron chi connectivity index (χ1n) is 8.42. The third kappa shape index (κ3) is 3.37. The van der Waals surface area contributed by atoms with Gasteiger partial charge < -0.3 is 25.0 Å². The molecule has 5 amide bonds. The lowest BCUT2D eigenvalue weighted by Crippen LogP contribution is -2.49. The maximum Gasteiger partial charge on any atom is 0.324 e. The molecule has 0 aromatic heterocycles. The number of urea groups is 2. The molecule has 9 heteroatoms. The molecule has 0 bridgehead atoms. The van der Waals surface area contributed by atoms with Crippen molar-refractivity contribution in [2.24, 2.45) is 0 Å². The molecule has 140 valence electrons. The van der Waals surface area contributed by atoms with Crippen LogP contribution in [-0.2, 0) is 4.79 Å². The van der Waals surface area contributed by atoms with Crippen molar-refractivity contribution in [2.45, 2.75) is 18.9 Å². The fourth-order valence-corrected chi connectivity index (χ4v) is 3.31. The zero-order valence-electron chi connectivity index (χ0n) is 14.8. The lowest BCUT2D eigenvalue weighted by molar-refractivity contribution is -0.127. The summed E-state index contributed by atoms with van der Waals surface area (Å²) >= 11 is 0. The lowest BCUT2D eigenvalue weighted by atomic mass is 10.0. The standard InChI is InChI=1S/C17H22N4O5/c1-25-13-5-3-4-12(15(13)26-2)19-17(24)20-8-6-11(7-9-20)21-14(22)10-18-16(21)23/h3-5,11H,6-10H2,1-2H3,(H,18,23)(H,19,24). The van der Waals surface area contributed by atoms with E-state index >= 15 is 0 Å². The van der Waals surface area contributed by atoms with E-state index in [1.807, 2.05) is 0 Å². The fourth-order valence-electron chi connectivity index (χ4n) is 3.31. The summed E-state index contributed by atoms with van der Waals surface area (Å²) in [6, 6.07) is 4.48. The number of amides is 5. The Morgan fingerprint density at radius 1 is 1.19 bits per heavy atom. The van der Waals surface area contributed by atoms with Gasteiger partial charge in [-0.3, -0.25) is 9.69 Å². The van der Waals surface area contributed by atoms with E-state index in [1.54, 1.807) is 23.1 Å². The highest BCUT2D eigenvalue weighted by Gasteiger charge is 2.37. The summed E-state index contributed by atoms with van der Waals surface area (Å²) in [4.78, 5) is 39.0. The fraction of sp³-hybridized carbons (Fsp3) is 0.471. The van der Waals surface area contributed by atoms with Gasteiger partial charge in [-0.25, -0.2) is 9.59 Å². The number of carbonyl (C=O) groups is 3. The Morgan fingerprint density at radius 3 is 2.50 bits per heavy atom. The molecule has 2 heterocycles. The predicted octanol–water partition coefficient (Wildman–Crippen LogP) is 1.25. The molecule has 9 nitrogen and oxygen atoms in total. The molecule has 0 spiro atoms. The summed E-state index contributed by atoms with van der Waals surface area (Å²) < 4.78 is 10.5. The predicted molar refractivity (Wildman–Crippen MR) is 93.4 cm³/mol. The number of carbonyl (C=O) groups excluding carboxylic acids is 3. The van der Waals surface area contributed by atoms with Gasteiger partial charge >= 0.3 is 12.1 Å². The number of benzene rings is 1. The third-order valence-corrected chi connectivity index (χ3v) is 4.64. The summed E-state index contributed by atoms with van der Waals surface area (Å²) in [5.41, 5.74) is 0.521. The molecule has 0 radical (unpaired) electrons. The summed E-state index contributed by atoms with van der Waals surface area (Å²) in [7, 11) is 3.04. The van der Waals surface area contributed by atoms with Crippen LogP contribution in [0.4, 0.5) is 15.3 Å². The summed E-state index contributed by atoms with van der Waals surface area (Å²) in [5, 5.41) is 5.36. The highest BCUT2D eigenvalue weighted by atomic mass is 16.5. The summed E-state index contributed by atoms with van der Waals surface area (Å²) in [5.74, 6) is 0.777. The first kappa shape index (κ1) is 17.8. The van der Waals surface area contributed by atoms with E-state index in [0.717, 1.165) is 0 Å². The zero-order chi connectivity index (χ0) is 18.7. The maximum atomic E-state index is 12.6. The Kier molecular flexibility index (Phi) is 5.15. The van der Waals surface area contributed by atoms with Crippen LogP contribution in [0.2, 0.25) is 0 Å². The summed E-state index contributed by atoms with van der Waals surface area (Å²) in [6.45, 7) is 0.967. The van der Waals surface area contributed by atoms with Crippen molar-refractivity contribution >= 4 is 23.7 Å². The van der Waals surface area contributed by atoms with Crippen LogP contribution in [0.15, 0.2) is 18.2 Å². The van der Waals surface area contributed by atoms with E-state index in [1.165, 1.54) is 19.1 Å². The van der Waals surface area contributed by atoms with E-state index in [0.29, 0.717) is 43.1 Å². The Hall–Kier alpha value is -2.97. The van der Waals surface area contributed by atoms with Crippen LogP contribution in [0.5, 0.6) is 11.5 Å². The minimum absolute atomic E-state index is 0.0508. The van der Waals surface area contributed by atoms with Gasteiger partial charge in [-0.05, 0) is 25.0 Å². The molecule has 1 aromatic rings. The van der Waals surface area contributed by atoms with Gasteiger partial charge in [0.05, 0.1) is 26.5 Å². The van der Waals surface area contributed by atoms with E-state index in [-0.39, 0.29) is 30.6 Å². The quantitative estimate of drug-likeness (QED) is 0.785. The number of hydrogen-bond acceptors (Lipinski definition) is 5. The number of rotatable bonds is 4. The van der Waals surface area contributed by atoms with Crippen molar-refractivity contribution in [1.82, 2.24) is 15.1 Å². The molecule has 0 unspecified atom stereocenters. The van der Waals surface area contributed by atoms with Gasteiger partial charge in [-0.2, -0.15) is 0 Å². The normalized spacial score (nSPS) is 17.9. The SMILES string of the molecule is COc1cccc(NC(=O)N2CCC(N3C(=O)CNC3=O)CC2)c1OC. The molecule has 1 aromatic carbocycles. The van der Waals surface area contributed by atoms with E-state index in [4.69, 9.17) is 9.47 Å². The molecular weight excluding hydrogens is 340 g/mol. The van der Waals surface area contributed by atoms with Crippen molar-refractivity contribution in [3.8, 4) is 11.5 Å². The van der Waals surface area contributed by atoms with Crippen LogP contribution in [0.25, 0.3) is 0 Å². The van der Waals surface area contributed by atoms with Gasteiger partial charge in [-0.15, -0.1) is 0 Å². The van der Waals surface area contributed by atoms with E-state index < -0.39 is 0 Å². The molecule has 26 heavy (non-hydrogen) atoms. The number of piperidine rings is 1. The van der Waals surface area contributed by atoms with Gasteiger partial charge in [0.2, 0.25) is 5.91 Å². The number of nitrogens with zero attached hydrogens (tertiary/aromatic N) is 2. The van der Waals surface area contributed by atoms with Gasteiger partial charge in [0.15, 0.2) is 11.5 Å². The molecule has 2 aliphatic heterocycles. The van der Waals surface area contributed by atoms with Gasteiger partial charge in [0.1, 0.15) is 0 Å². The second-order valence-corrected chi connectivity index (χ2v) is 6.11. The number of anilines is 1. The van der Waals surface area contributed by atoms with Gasteiger partial charge in [0.25, 0.3) is 0 Å². The van der Waals surface area contributed by atoms with Crippen LogP contribution in [0.1, 0.15) is 12.8 Å². The number of methoxy groups -OCH3 is 2. The van der Waals surface area contributed by atoms with Gasteiger partial charge in [0, 0.05) is 19.1 Å². The molecule has 0 saturated carbocycles. The summed E-state index contributed by atoms with van der Waals surface area (Å²) in [6.07, 6.45) is 1.11. The zero-order valence-corrected chi connectivity index (χ0v) is 14.8. The average Bonchev–Trinajstić information content (AvgIpc) is 2.99. The van der Waals surface area contributed by atoms with Crippen LogP contribution < -0.4 is 20.1 Å². The number of nitrogens with one attached hydrogen (secondary N) is 2. The number of ether oxygens (including phenoxy) is 2. The van der Waals surface area contributed by atoms with E-state index in [2.05, 4.69) is 10.6 Å². The average molecular weight is 362 g/mol. The molecule has 2 fully saturated rings. The highest BCUT2D eigenvalue weighted by Crippen LogP contribution is 2.35. The minimum atomic E-state index is -0.348. The number of likely N-dealkylation sites (tertiary alicyclic amines) is 1. The topological polar surface area (TPSA) is 100 Å². The maximum absolute atomic E-state index is 12.6. The first-order chi connectivity index (χ1) is 12.5. The highest BCUT2D eigenvalue weighted by molar-refractivity contribution is 6.02. The second-order valence-electron chi connectivity index (χ2n) is 6.11. The molecule has 2 aliphatic rings. The van der Waals surface area contributed by atoms with Crippen LogP contribution in [-0.4, -0.2) is 67.7 Å². The molecular formula is C17H22N4O5. The first-order valence-corrected chi connectivity index (χ1v) is 8.42. The van der Waals surface area contributed by atoms with E-state index in [9.17, 15) is 14.4 Å². The van der Waals surface area contributed by atoms with Crippen LogP contribution in [0, 0.1) is 0 Å². The Labute approximate surface area is 151 Å². The van der Waals surface area contributed by atoms with Gasteiger partial charge in [-0.1, -0.05) is 6.07 Å². The number of hydrogen-bond donors (Lipinski definition) is 2. The van der Waals surface area contributed by atoms with Crippen LogP contribution in [0.3, 0.4) is 0 Å². The van der Waals surface area contributed by atoms with Crippen molar-refractivity contribution in [3.63, 3.8) is 0 Å². The third-order valence-electron chi connectivity index (χ3n) is 4.64.